The summed E-state index contributed by atoms with van der Waals surface area (Å²) in [4.78, 5) is 28.7. The van der Waals surface area contributed by atoms with Gasteiger partial charge in [0.25, 0.3) is 5.91 Å². The Kier molecular flexibility index (Phi) is 5.06. The number of nitrogens with one attached hydrogen (secondary N) is 1. The van der Waals surface area contributed by atoms with Crippen molar-refractivity contribution in [2.75, 3.05) is 36.4 Å². The molecule has 0 aliphatic carbocycles. The number of hydrogen-bond acceptors (Lipinski definition) is 5. The van der Waals surface area contributed by atoms with E-state index in [-0.39, 0.29) is 12.0 Å². The topological polar surface area (TPSA) is 75.0 Å². The van der Waals surface area contributed by atoms with Gasteiger partial charge in [0, 0.05) is 49.5 Å². The molecule has 7 nitrogen and oxygen atoms in total. The predicted molar refractivity (Wildman–Crippen MR) is 114 cm³/mol. The molecule has 1 aromatic carbocycles. The third-order valence-electron chi connectivity index (χ3n) is 5.00. The molecule has 1 N–H and O–H groups in total. The summed E-state index contributed by atoms with van der Waals surface area (Å²) in [6, 6.07) is 7.89. The Morgan fingerprint density at radius 1 is 1.14 bits per heavy atom. The number of benzene rings is 1. The van der Waals surface area contributed by atoms with Gasteiger partial charge in [-0.05, 0) is 66.5 Å². The molecular weight excluding hydrogens is 438 g/mol. The number of hydrogen-bond donors (Lipinski definition) is 1. The van der Waals surface area contributed by atoms with Crippen molar-refractivity contribution in [2.45, 2.75) is 32.8 Å². The number of rotatable bonds is 1. The second kappa shape index (κ2) is 7.40. The number of halogens is 1. The number of nitrogens with zero attached hydrogens (tertiary/aromatic N) is 2. The third-order valence-corrected chi connectivity index (χ3v) is 5.39. The standard InChI is InChI=1S/C21H24BrN3O4/c1-21(2,3)29-20(27)25-8-6-24(7-9-25)15-4-5-16-13(11-15)10-14-12-17(22)28-18(14)19(26)23-16/h4-5,11-12H,6-10H2,1-3H3,(H,23,26). The molecule has 3 heterocycles. The number of carbonyl (C=O) groups excluding carboxylic acids is 2. The van der Waals surface area contributed by atoms with E-state index in [4.69, 9.17) is 9.15 Å². The van der Waals surface area contributed by atoms with E-state index in [1.807, 2.05) is 39.0 Å². The smallest absolute Gasteiger partial charge is 0.410 e. The molecule has 4 rings (SSSR count). The van der Waals surface area contributed by atoms with Crippen molar-refractivity contribution in [3.63, 3.8) is 0 Å². The third kappa shape index (κ3) is 4.27. The van der Waals surface area contributed by atoms with Gasteiger partial charge in [-0.3, -0.25) is 4.79 Å². The lowest BCUT2D eigenvalue weighted by molar-refractivity contribution is 0.0240. The highest BCUT2D eigenvalue weighted by atomic mass is 79.9. The van der Waals surface area contributed by atoms with Gasteiger partial charge in [0.05, 0.1) is 0 Å². The molecule has 0 saturated carbocycles. The number of fused-ring (bicyclic) bond motifs is 2. The van der Waals surface area contributed by atoms with Crippen molar-refractivity contribution < 1.29 is 18.7 Å². The highest BCUT2D eigenvalue weighted by Gasteiger charge is 2.27. The monoisotopic (exact) mass is 461 g/mol. The Bertz CT molecular complexity index is 955. The first-order chi connectivity index (χ1) is 13.7. The van der Waals surface area contributed by atoms with Gasteiger partial charge in [-0.1, -0.05) is 0 Å². The maximum atomic E-state index is 12.4. The van der Waals surface area contributed by atoms with E-state index in [2.05, 4.69) is 32.2 Å². The zero-order valence-electron chi connectivity index (χ0n) is 16.8. The molecule has 0 radical (unpaired) electrons. The molecule has 1 saturated heterocycles. The number of amides is 2. The van der Waals surface area contributed by atoms with E-state index < -0.39 is 5.60 Å². The van der Waals surface area contributed by atoms with Crippen LogP contribution in [0.15, 0.2) is 33.4 Å². The minimum Gasteiger partial charge on any atom is -0.444 e. The first kappa shape index (κ1) is 19.8. The Balaban J connectivity index is 1.48. The van der Waals surface area contributed by atoms with E-state index >= 15 is 0 Å². The quantitative estimate of drug-likeness (QED) is 0.686. The van der Waals surface area contributed by atoms with Crippen LogP contribution < -0.4 is 10.2 Å². The van der Waals surface area contributed by atoms with Gasteiger partial charge in [-0.2, -0.15) is 0 Å². The molecule has 29 heavy (non-hydrogen) atoms. The summed E-state index contributed by atoms with van der Waals surface area (Å²) in [7, 11) is 0. The minimum atomic E-state index is -0.489. The summed E-state index contributed by atoms with van der Waals surface area (Å²) in [5.41, 5.74) is 3.29. The van der Waals surface area contributed by atoms with Crippen LogP contribution in [-0.2, 0) is 11.2 Å². The fourth-order valence-electron chi connectivity index (χ4n) is 3.62. The van der Waals surface area contributed by atoms with E-state index in [1.165, 1.54) is 0 Å². The molecule has 0 atom stereocenters. The molecule has 8 heteroatoms. The molecule has 1 fully saturated rings. The average molecular weight is 462 g/mol. The van der Waals surface area contributed by atoms with Crippen LogP contribution in [0.1, 0.15) is 42.5 Å². The van der Waals surface area contributed by atoms with Crippen LogP contribution in [0.3, 0.4) is 0 Å². The Labute approximate surface area is 178 Å². The maximum Gasteiger partial charge on any atom is 0.410 e. The molecule has 0 unspecified atom stereocenters. The zero-order chi connectivity index (χ0) is 20.8. The normalized spacial score (nSPS) is 16.6. The van der Waals surface area contributed by atoms with Gasteiger partial charge in [0.1, 0.15) is 5.60 Å². The Hall–Kier alpha value is -2.48. The molecule has 2 aliphatic heterocycles. The number of ether oxygens (including phenoxy) is 1. The summed E-state index contributed by atoms with van der Waals surface area (Å²) in [6.45, 7) is 8.31. The van der Waals surface area contributed by atoms with Crippen molar-refractivity contribution in [1.82, 2.24) is 4.90 Å². The lowest BCUT2D eigenvalue weighted by Gasteiger charge is -2.37. The molecule has 2 amide bonds. The molecule has 154 valence electrons. The second-order valence-corrected chi connectivity index (χ2v) is 9.11. The molecule has 0 spiro atoms. The highest BCUT2D eigenvalue weighted by molar-refractivity contribution is 9.10. The Morgan fingerprint density at radius 3 is 2.55 bits per heavy atom. The van der Waals surface area contributed by atoms with Crippen LogP contribution in [0, 0.1) is 0 Å². The van der Waals surface area contributed by atoms with Crippen molar-refractivity contribution in [2.24, 2.45) is 0 Å². The summed E-state index contributed by atoms with van der Waals surface area (Å²) in [5.74, 6) is 0.115. The van der Waals surface area contributed by atoms with Crippen LogP contribution in [0.25, 0.3) is 0 Å². The van der Waals surface area contributed by atoms with Crippen LogP contribution in [0.4, 0.5) is 16.2 Å². The maximum absolute atomic E-state index is 12.4. The van der Waals surface area contributed by atoms with E-state index in [0.717, 1.165) is 35.6 Å². The fourth-order valence-corrected chi connectivity index (χ4v) is 4.06. The Morgan fingerprint density at radius 2 is 1.86 bits per heavy atom. The van der Waals surface area contributed by atoms with Gasteiger partial charge < -0.3 is 24.3 Å². The van der Waals surface area contributed by atoms with E-state index in [9.17, 15) is 9.59 Å². The van der Waals surface area contributed by atoms with E-state index in [1.54, 1.807) is 4.90 Å². The largest absolute Gasteiger partial charge is 0.444 e. The summed E-state index contributed by atoms with van der Waals surface area (Å²) < 4.78 is 11.5. The van der Waals surface area contributed by atoms with Crippen LogP contribution in [0.5, 0.6) is 0 Å². The number of carbonyl (C=O) groups is 2. The van der Waals surface area contributed by atoms with Crippen LogP contribution >= 0.6 is 15.9 Å². The molecule has 0 bridgehead atoms. The van der Waals surface area contributed by atoms with Crippen LogP contribution in [-0.4, -0.2) is 48.7 Å². The second-order valence-electron chi connectivity index (χ2n) is 8.33. The first-order valence-corrected chi connectivity index (χ1v) is 10.4. The number of furan rings is 1. The van der Waals surface area contributed by atoms with Crippen molar-refractivity contribution in [3.05, 3.63) is 45.8 Å². The SMILES string of the molecule is CC(C)(C)OC(=O)N1CCN(c2ccc3c(c2)Cc2cc(Br)oc2C(=O)N3)CC1. The van der Waals surface area contributed by atoms with Crippen molar-refractivity contribution in [1.29, 1.82) is 0 Å². The van der Waals surface area contributed by atoms with E-state index in [0.29, 0.717) is 29.9 Å². The minimum absolute atomic E-state index is 0.233. The van der Waals surface area contributed by atoms with Gasteiger partial charge in [0.15, 0.2) is 10.4 Å². The highest BCUT2D eigenvalue weighted by Crippen LogP contribution is 2.32. The molecule has 1 aromatic heterocycles. The van der Waals surface area contributed by atoms with Crippen molar-refractivity contribution in [3.8, 4) is 0 Å². The van der Waals surface area contributed by atoms with Gasteiger partial charge >= 0.3 is 6.09 Å². The number of piperazine rings is 1. The zero-order valence-corrected chi connectivity index (χ0v) is 18.3. The lowest BCUT2D eigenvalue weighted by atomic mass is 10.0. The summed E-state index contributed by atoms with van der Waals surface area (Å²) in [6.07, 6.45) is 0.351. The molecule has 2 aromatic rings. The predicted octanol–water partition coefficient (Wildman–Crippen LogP) is 4.26. The summed E-state index contributed by atoms with van der Waals surface area (Å²) >= 11 is 3.30. The van der Waals surface area contributed by atoms with Gasteiger partial charge in [-0.15, -0.1) is 0 Å². The number of anilines is 2. The first-order valence-electron chi connectivity index (χ1n) is 9.65. The van der Waals surface area contributed by atoms with Crippen LogP contribution in [0.2, 0.25) is 0 Å². The van der Waals surface area contributed by atoms with Gasteiger partial charge in [0.2, 0.25) is 0 Å². The molecular formula is C21H24BrN3O4. The lowest BCUT2D eigenvalue weighted by Crippen LogP contribution is -2.50. The summed E-state index contributed by atoms with van der Waals surface area (Å²) in [5, 5.41) is 2.92. The molecule has 2 aliphatic rings. The fraction of sp³-hybridized carbons (Fsp3) is 0.429. The van der Waals surface area contributed by atoms with Crippen molar-refractivity contribution >= 4 is 39.3 Å². The van der Waals surface area contributed by atoms with Gasteiger partial charge in [-0.25, -0.2) is 4.79 Å². The average Bonchev–Trinajstić information content (AvgIpc) is 2.96.